The van der Waals surface area contributed by atoms with Gasteiger partial charge in [-0.05, 0) is 51.0 Å². The number of carboxylic acids is 1. The Hall–Kier alpha value is -2.10. The van der Waals surface area contributed by atoms with Gasteiger partial charge >= 0.3 is 5.97 Å². The smallest absolute Gasteiger partial charge is 0.335 e. The van der Waals surface area contributed by atoms with E-state index in [9.17, 15) is 4.79 Å². The molecule has 1 heterocycles. The summed E-state index contributed by atoms with van der Waals surface area (Å²) in [6.45, 7) is 8.73. The Balaban J connectivity index is 2.65. The van der Waals surface area contributed by atoms with E-state index in [1.807, 2.05) is 38.4 Å². The fourth-order valence-electron chi connectivity index (χ4n) is 2.47. The minimum atomic E-state index is -0.900. The maximum atomic E-state index is 11.1. The van der Waals surface area contributed by atoms with E-state index in [1.54, 1.807) is 12.1 Å². The van der Waals surface area contributed by atoms with Crippen molar-refractivity contribution in [1.82, 2.24) is 9.78 Å². The van der Waals surface area contributed by atoms with E-state index in [-0.39, 0.29) is 0 Å². The van der Waals surface area contributed by atoms with Crippen molar-refractivity contribution in [2.75, 3.05) is 0 Å². The second-order valence-electron chi connectivity index (χ2n) is 4.75. The Kier molecular flexibility index (Phi) is 3.42. The van der Waals surface area contributed by atoms with Crippen LogP contribution in [-0.4, -0.2) is 20.9 Å². The van der Waals surface area contributed by atoms with Crippen LogP contribution >= 0.6 is 0 Å². The maximum Gasteiger partial charge on any atom is 0.335 e. The summed E-state index contributed by atoms with van der Waals surface area (Å²) < 4.78 is 1.94. The van der Waals surface area contributed by atoms with Crippen molar-refractivity contribution in [1.29, 1.82) is 0 Å². The van der Waals surface area contributed by atoms with Gasteiger partial charge in [-0.2, -0.15) is 5.10 Å². The standard InChI is InChI=1S/C15H18N2O2/c1-5-17-11(4)14(10(3)16-17)12-6-9(2)7-13(8-12)15(18)19/h6-8H,5H2,1-4H3,(H,18,19). The maximum absolute atomic E-state index is 11.1. The second-order valence-corrected chi connectivity index (χ2v) is 4.75. The van der Waals surface area contributed by atoms with Crippen molar-refractivity contribution < 1.29 is 9.90 Å². The molecule has 0 radical (unpaired) electrons. The molecule has 0 fully saturated rings. The summed E-state index contributed by atoms with van der Waals surface area (Å²) in [4.78, 5) is 11.1. The van der Waals surface area contributed by atoms with E-state index in [1.165, 1.54) is 0 Å². The molecule has 0 aliphatic heterocycles. The molecule has 0 aliphatic carbocycles. The Labute approximate surface area is 112 Å². The van der Waals surface area contributed by atoms with Crippen molar-refractivity contribution in [3.8, 4) is 11.1 Å². The Bertz CT molecular complexity index is 642. The highest BCUT2D eigenvalue weighted by Gasteiger charge is 2.15. The third-order valence-corrected chi connectivity index (χ3v) is 3.29. The van der Waals surface area contributed by atoms with Gasteiger partial charge in [0.1, 0.15) is 0 Å². The SMILES string of the molecule is CCn1nc(C)c(-c2cc(C)cc(C(=O)O)c2)c1C. The molecule has 0 bridgehead atoms. The van der Waals surface area contributed by atoms with Crippen LogP contribution in [0, 0.1) is 20.8 Å². The molecule has 100 valence electrons. The van der Waals surface area contributed by atoms with Crippen LogP contribution in [0.15, 0.2) is 18.2 Å². The molecule has 0 aliphatic rings. The molecule has 19 heavy (non-hydrogen) atoms. The third-order valence-electron chi connectivity index (χ3n) is 3.29. The second kappa shape index (κ2) is 4.88. The van der Waals surface area contributed by atoms with Crippen molar-refractivity contribution in [2.45, 2.75) is 34.2 Å². The Morgan fingerprint density at radius 2 is 1.95 bits per heavy atom. The number of hydrogen-bond donors (Lipinski definition) is 1. The average Bonchev–Trinajstić information content (AvgIpc) is 2.63. The lowest BCUT2D eigenvalue weighted by atomic mass is 9.99. The molecule has 1 aromatic heterocycles. The summed E-state index contributed by atoms with van der Waals surface area (Å²) in [7, 11) is 0. The highest BCUT2D eigenvalue weighted by molar-refractivity contribution is 5.90. The van der Waals surface area contributed by atoms with Crippen LogP contribution < -0.4 is 0 Å². The van der Waals surface area contributed by atoms with Crippen molar-refractivity contribution in [3.05, 3.63) is 40.7 Å². The van der Waals surface area contributed by atoms with Gasteiger partial charge in [0.15, 0.2) is 0 Å². The Morgan fingerprint density at radius 1 is 1.26 bits per heavy atom. The van der Waals surface area contributed by atoms with E-state index in [0.29, 0.717) is 5.56 Å². The summed E-state index contributed by atoms with van der Waals surface area (Å²) in [6, 6.07) is 5.40. The highest BCUT2D eigenvalue weighted by Crippen LogP contribution is 2.28. The molecule has 0 saturated carbocycles. The fourth-order valence-corrected chi connectivity index (χ4v) is 2.47. The lowest BCUT2D eigenvalue weighted by Gasteiger charge is -2.06. The summed E-state index contributed by atoms with van der Waals surface area (Å²) in [5.41, 5.74) is 5.22. The quantitative estimate of drug-likeness (QED) is 0.919. The molecule has 1 aromatic carbocycles. The molecule has 4 nitrogen and oxygen atoms in total. The van der Waals surface area contributed by atoms with Crippen LogP contribution in [0.4, 0.5) is 0 Å². The average molecular weight is 258 g/mol. The van der Waals surface area contributed by atoms with Crippen LogP contribution in [0.2, 0.25) is 0 Å². The van der Waals surface area contributed by atoms with Gasteiger partial charge < -0.3 is 5.11 Å². The first-order valence-electron chi connectivity index (χ1n) is 6.33. The van der Waals surface area contributed by atoms with Gasteiger partial charge in [-0.1, -0.05) is 6.07 Å². The predicted molar refractivity (Wildman–Crippen MR) is 74.5 cm³/mol. The molecular formula is C15H18N2O2. The van der Waals surface area contributed by atoms with Crippen molar-refractivity contribution in [3.63, 3.8) is 0 Å². The minimum Gasteiger partial charge on any atom is -0.478 e. The number of benzene rings is 1. The number of nitrogens with zero attached hydrogens (tertiary/aromatic N) is 2. The zero-order chi connectivity index (χ0) is 14.2. The summed E-state index contributed by atoms with van der Waals surface area (Å²) in [6.07, 6.45) is 0. The van der Waals surface area contributed by atoms with Gasteiger partial charge in [0, 0.05) is 17.8 Å². The molecule has 2 aromatic rings. The molecular weight excluding hydrogens is 240 g/mol. The van der Waals surface area contributed by atoms with Crippen LogP contribution in [-0.2, 0) is 6.54 Å². The van der Waals surface area contributed by atoms with Gasteiger partial charge in [0.2, 0.25) is 0 Å². The summed E-state index contributed by atoms with van der Waals surface area (Å²) in [5, 5.41) is 13.6. The number of aromatic nitrogens is 2. The van der Waals surface area contributed by atoms with Crippen LogP contribution in [0.3, 0.4) is 0 Å². The van der Waals surface area contributed by atoms with Gasteiger partial charge in [0.05, 0.1) is 11.3 Å². The number of carbonyl (C=O) groups is 1. The molecule has 0 amide bonds. The van der Waals surface area contributed by atoms with Crippen LogP contribution in [0.5, 0.6) is 0 Å². The topological polar surface area (TPSA) is 55.1 Å². The number of rotatable bonds is 3. The van der Waals surface area contributed by atoms with Crippen molar-refractivity contribution in [2.24, 2.45) is 0 Å². The monoisotopic (exact) mass is 258 g/mol. The number of carboxylic acid groups (broad SMARTS) is 1. The molecule has 1 N–H and O–H groups in total. The molecule has 0 atom stereocenters. The van der Waals surface area contributed by atoms with E-state index in [0.717, 1.165) is 34.6 Å². The molecule has 0 saturated heterocycles. The van der Waals surface area contributed by atoms with Crippen LogP contribution in [0.25, 0.3) is 11.1 Å². The summed E-state index contributed by atoms with van der Waals surface area (Å²) in [5.74, 6) is -0.900. The van der Waals surface area contributed by atoms with E-state index < -0.39 is 5.97 Å². The zero-order valence-electron chi connectivity index (χ0n) is 11.7. The Morgan fingerprint density at radius 3 is 2.47 bits per heavy atom. The lowest BCUT2D eigenvalue weighted by Crippen LogP contribution is -1.99. The predicted octanol–water partition coefficient (Wildman–Crippen LogP) is 3.19. The van der Waals surface area contributed by atoms with E-state index in [4.69, 9.17) is 5.11 Å². The van der Waals surface area contributed by atoms with Gasteiger partial charge in [-0.25, -0.2) is 4.79 Å². The van der Waals surface area contributed by atoms with Crippen molar-refractivity contribution >= 4 is 5.97 Å². The molecule has 0 unspecified atom stereocenters. The third kappa shape index (κ3) is 2.38. The van der Waals surface area contributed by atoms with E-state index in [2.05, 4.69) is 5.10 Å². The number of hydrogen-bond acceptors (Lipinski definition) is 2. The van der Waals surface area contributed by atoms with Gasteiger partial charge in [-0.3, -0.25) is 4.68 Å². The fraction of sp³-hybridized carbons (Fsp3) is 0.333. The first-order chi connectivity index (χ1) is 8.93. The first-order valence-corrected chi connectivity index (χ1v) is 6.33. The first kappa shape index (κ1) is 13.3. The normalized spacial score (nSPS) is 10.7. The largest absolute Gasteiger partial charge is 0.478 e. The lowest BCUT2D eigenvalue weighted by molar-refractivity contribution is 0.0697. The van der Waals surface area contributed by atoms with Crippen LogP contribution in [0.1, 0.15) is 34.2 Å². The van der Waals surface area contributed by atoms with E-state index >= 15 is 0 Å². The number of aromatic carboxylic acids is 1. The minimum absolute atomic E-state index is 0.318. The summed E-state index contributed by atoms with van der Waals surface area (Å²) >= 11 is 0. The highest BCUT2D eigenvalue weighted by atomic mass is 16.4. The molecule has 4 heteroatoms. The number of aryl methyl sites for hydroxylation is 3. The molecule has 2 rings (SSSR count). The van der Waals surface area contributed by atoms with Gasteiger partial charge in [-0.15, -0.1) is 0 Å². The molecule has 0 spiro atoms. The zero-order valence-corrected chi connectivity index (χ0v) is 11.7. The van der Waals surface area contributed by atoms with Gasteiger partial charge in [0.25, 0.3) is 0 Å².